The first kappa shape index (κ1) is 20.0. The van der Waals surface area contributed by atoms with E-state index in [1.165, 1.54) is 11.1 Å². The third-order valence-electron chi connectivity index (χ3n) is 4.38. The van der Waals surface area contributed by atoms with Crippen LogP contribution in [-0.4, -0.2) is 35.1 Å². The number of nitrogens with two attached hydrogens (primary N) is 2. The van der Waals surface area contributed by atoms with Gasteiger partial charge in [0.05, 0.1) is 5.69 Å². The van der Waals surface area contributed by atoms with Gasteiger partial charge in [-0.2, -0.15) is 0 Å². The van der Waals surface area contributed by atoms with Crippen molar-refractivity contribution in [1.82, 2.24) is 15.2 Å². The summed E-state index contributed by atoms with van der Waals surface area (Å²) in [6.07, 6.45) is 2.75. The van der Waals surface area contributed by atoms with Crippen LogP contribution in [0.2, 0.25) is 0 Å². The first-order valence-corrected chi connectivity index (χ1v) is 8.61. The highest BCUT2D eigenvalue weighted by Crippen LogP contribution is 2.13. The van der Waals surface area contributed by atoms with E-state index in [0.717, 1.165) is 44.8 Å². The van der Waals surface area contributed by atoms with E-state index in [2.05, 4.69) is 39.5 Å². The van der Waals surface area contributed by atoms with E-state index in [9.17, 15) is 0 Å². The van der Waals surface area contributed by atoms with E-state index < -0.39 is 0 Å². The highest BCUT2D eigenvalue weighted by molar-refractivity contribution is 8.93. The van der Waals surface area contributed by atoms with Crippen LogP contribution in [0.15, 0.2) is 48.7 Å². The van der Waals surface area contributed by atoms with Crippen molar-refractivity contribution in [2.75, 3.05) is 13.1 Å². The molecule has 2 atom stereocenters. The van der Waals surface area contributed by atoms with E-state index in [-0.39, 0.29) is 29.1 Å². The van der Waals surface area contributed by atoms with Crippen molar-refractivity contribution in [2.45, 2.75) is 38.1 Å². The van der Waals surface area contributed by atoms with Gasteiger partial charge < -0.3 is 16.8 Å². The fourth-order valence-electron chi connectivity index (χ4n) is 3.26. The van der Waals surface area contributed by atoms with Crippen LogP contribution in [0.4, 0.5) is 0 Å². The summed E-state index contributed by atoms with van der Waals surface area (Å²) in [6, 6.07) is 15.1. The molecule has 25 heavy (non-hydrogen) atoms. The number of pyridine rings is 1. The number of likely N-dealkylation sites (tertiary alicyclic amines) is 1. The van der Waals surface area contributed by atoms with Crippen LogP contribution in [0.1, 0.15) is 23.2 Å². The molecule has 1 aromatic heterocycles. The molecule has 1 fully saturated rings. The minimum absolute atomic E-state index is 0. The molecule has 2 heterocycles. The number of rotatable bonds is 6. The fourth-order valence-corrected chi connectivity index (χ4v) is 3.26. The number of piperidine rings is 1. The first-order valence-electron chi connectivity index (χ1n) is 8.61. The Kier molecular flexibility index (Phi) is 7.99. The molecule has 5 nitrogen and oxygen atoms in total. The van der Waals surface area contributed by atoms with E-state index in [4.69, 9.17) is 11.5 Å². The maximum Gasteiger partial charge on any atom is 0.0541 e. The molecule has 1 aliphatic rings. The third-order valence-corrected chi connectivity index (χ3v) is 4.38. The van der Waals surface area contributed by atoms with Gasteiger partial charge in [-0.15, -0.1) is 17.0 Å². The Balaban J connectivity index is 0.00000225. The lowest BCUT2D eigenvalue weighted by atomic mass is 10.0. The molecule has 1 aromatic carbocycles. The molecule has 0 saturated carbocycles. The molecule has 1 saturated heterocycles. The minimum Gasteiger partial charge on any atom is -0.326 e. The van der Waals surface area contributed by atoms with E-state index in [1.54, 1.807) is 0 Å². The number of hydrogen-bond acceptors (Lipinski definition) is 5. The standard InChI is InChI=1S/C19H27N5.BrH/c20-17-9-18(21)14-24(13-17)12-16-6-4-15(5-7-16)10-22-11-19-3-1-2-8-23-19;/h1-8,17-18,22H,9-14,20-21H2;1H/t17-,18-;/m1./s1. The molecule has 6 heteroatoms. The number of hydrogen-bond donors (Lipinski definition) is 3. The maximum absolute atomic E-state index is 6.06. The predicted molar refractivity (Wildman–Crippen MR) is 107 cm³/mol. The van der Waals surface area contributed by atoms with Crippen LogP contribution >= 0.6 is 17.0 Å². The Bertz CT molecular complexity index is 609. The quantitative estimate of drug-likeness (QED) is 0.682. The average molecular weight is 406 g/mol. The van der Waals surface area contributed by atoms with Crippen molar-refractivity contribution in [1.29, 1.82) is 0 Å². The molecule has 2 aromatic rings. The molecule has 3 rings (SSSR count). The van der Waals surface area contributed by atoms with Gasteiger partial charge in [-0.25, -0.2) is 0 Å². The van der Waals surface area contributed by atoms with Crippen molar-refractivity contribution in [3.8, 4) is 0 Å². The zero-order valence-corrected chi connectivity index (χ0v) is 16.2. The summed E-state index contributed by atoms with van der Waals surface area (Å²) in [6.45, 7) is 4.41. The highest BCUT2D eigenvalue weighted by Gasteiger charge is 2.22. The Morgan fingerprint density at radius 2 is 1.64 bits per heavy atom. The lowest BCUT2D eigenvalue weighted by Gasteiger charge is -2.34. The topological polar surface area (TPSA) is 80.2 Å². The molecule has 5 N–H and O–H groups in total. The number of nitrogens with zero attached hydrogens (tertiary/aromatic N) is 2. The lowest BCUT2D eigenvalue weighted by Crippen LogP contribution is -2.51. The van der Waals surface area contributed by atoms with Crippen molar-refractivity contribution in [3.05, 3.63) is 65.5 Å². The monoisotopic (exact) mass is 405 g/mol. The smallest absolute Gasteiger partial charge is 0.0541 e. The number of halogens is 1. The Morgan fingerprint density at radius 1 is 0.960 bits per heavy atom. The molecule has 1 aliphatic heterocycles. The summed E-state index contributed by atoms with van der Waals surface area (Å²) in [4.78, 5) is 6.67. The third kappa shape index (κ3) is 6.49. The summed E-state index contributed by atoms with van der Waals surface area (Å²) >= 11 is 0. The molecular formula is C19H28BrN5. The first-order chi connectivity index (χ1) is 11.7. The lowest BCUT2D eigenvalue weighted by molar-refractivity contribution is 0.183. The highest BCUT2D eigenvalue weighted by atomic mass is 79.9. The summed E-state index contributed by atoms with van der Waals surface area (Å²) in [5.74, 6) is 0. The zero-order valence-electron chi connectivity index (χ0n) is 14.5. The molecule has 0 unspecified atom stereocenters. The fraction of sp³-hybridized carbons (Fsp3) is 0.421. The minimum atomic E-state index is 0. The van der Waals surface area contributed by atoms with Gasteiger partial charge in [0.2, 0.25) is 0 Å². The van der Waals surface area contributed by atoms with Crippen LogP contribution in [-0.2, 0) is 19.6 Å². The molecule has 0 radical (unpaired) electrons. The van der Waals surface area contributed by atoms with Gasteiger partial charge in [-0.1, -0.05) is 30.3 Å². The van der Waals surface area contributed by atoms with Gasteiger partial charge in [0, 0.05) is 51.0 Å². The summed E-state index contributed by atoms with van der Waals surface area (Å²) in [5, 5.41) is 3.42. The summed E-state index contributed by atoms with van der Waals surface area (Å²) < 4.78 is 0. The second-order valence-electron chi connectivity index (χ2n) is 6.69. The van der Waals surface area contributed by atoms with Gasteiger partial charge in [0.15, 0.2) is 0 Å². The van der Waals surface area contributed by atoms with Crippen molar-refractivity contribution in [2.24, 2.45) is 11.5 Å². The van der Waals surface area contributed by atoms with Gasteiger partial charge in [0.1, 0.15) is 0 Å². The van der Waals surface area contributed by atoms with Crippen molar-refractivity contribution >= 4 is 17.0 Å². The molecule has 0 bridgehead atoms. The summed E-state index contributed by atoms with van der Waals surface area (Å²) in [7, 11) is 0. The number of aromatic nitrogens is 1. The summed E-state index contributed by atoms with van der Waals surface area (Å²) in [5.41, 5.74) is 15.8. The molecular weight excluding hydrogens is 378 g/mol. The molecule has 0 aliphatic carbocycles. The number of benzene rings is 1. The second kappa shape index (κ2) is 9.99. The average Bonchev–Trinajstić information content (AvgIpc) is 2.56. The Labute approximate surface area is 160 Å². The van der Waals surface area contributed by atoms with E-state index >= 15 is 0 Å². The predicted octanol–water partition coefficient (Wildman–Crippen LogP) is 1.81. The Morgan fingerprint density at radius 3 is 2.28 bits per heavy atom. The van der Waals surface area contributed by atoms with Crippen LogP contribution in [0.25, 0.3) is 0 Å². The number of nitrogens with one attached hydrogen (secondary N) is 1. The van der Waals surface area contributed by atoms with Gasteiger partial charge in [-0.05, 0) is 29.7 Å². The second-order valence-corrected chi connectivity index (χ2v) is 6.69. The van der Waals surface area contributed by atoms with Crippen LogP contribution in [0.5, 0.6) is 0 Å². The van der Waals surface area contributed by atoms with E-state index in [0.29, 0.717) is 0 Å². The largest absolute Gasteiger partial charge is 0.326 e. The van der Waals surface area contributed by atoms with Gasteiger partial charge >= 0.3 is 0 Å². The normalized spacial score (nSPS) is 20.9. The maximum atomic E-state index is 6.06. The molecule has 0 spiro atoms. The van der Waals surface area contributed by atoms with Gasteiger partial charge in [-0.3, -0.25) is 9.88 Å². The zero-order chi connectivity index (χ0) is 16.8. The van der Waals surface area contributed by atoms with Crippen molar-refractivity contribution in [3.63, 3.8) is 0 Å². The van der Waals surface area contributed by atoms with Crippen LogP contribution in [0.3, 0.4) is 0 Å². The molecule has 136 valence electrons. The van der Waals surface area contributed by atoms with Crippen molar-refractivity contribution < 1.29 is 0 Å². The van der Waals surface area contributed by atoms with Crippen LogP contribution < -0.4 is 16.8 Å². The van der Waals surface area contributed by atoms with Gasteiger partial charge in [0.25, 0.3) is 0 Å². The SMILES string of the molecule is Br.N[C@@H]1C[C@@H](N)CN(Cc2ccc(CNCc3ccccn3)cc2)C1. The van der Waals surface area contributed by atoms with Crippen LogP contribution in [0, 0.1) is 0 Å². The van der Waals surface area contributed by atoms with E-state index in [1.807, 2.05) is 24.4 Å². The molecule has 0 amide bonds. The Hall–Kier alpha value is -1.31.